The summed E-state index contributed by atoms with van der Waals surface area (Å²) in [5.41, 5.74) is 8.58. The van der Waals surface area contributed by atoms with Gasteiger partial charge in [-0.1, -0.05) is 98.1 Å². The van der Waals surface area contributed by atoms with E-state index >= 15 is 0 Å². The van der Waals surface area contributed by atoms with Gasteiger partial charge in [0.25, 0.3) is 0 Å². The molecule has 6 aromatic rings. The van der Waals surface area contributed by atoms with Crippen molar-refractivity contribution < 1.29 is 9.47 Å². The first-order valence-corrected chi connectivity index (χ1v) is 14.1. The van der Waals surface area contributed by atoms with Crippen molar-refractivity contribution in [1.29, 1.82) is 0 Å². The zero-order valence-corrected chi connectivity index (χ0v) is 23.7. The number of hydrogen-bond acceptors (Lipinski definition) is 3. The van der Waals surface area contributed by atoms with Gasteiger partial charge in [-0.05, 0) is 106 Å². The van der Waals surface area contributed by atoms with Crippen LogP contribution in [0.1, 0.15) is 11.1 Å². The molecule has 0 spiro atoms. The largest absolute Gasteiger partial charge is 0.457 e. The quantitative estimate of drug-likeness (QED) is 0.182. The van der Waals surface area contributed by atoms with Crippen LogP contribution in [0.3, 0.4) is 0 Å². The number of anilines is 2. The van der Waals surface area contributed by atoms with Gasteiger partial charge in [0.15, 0.2) is 0 Å². The SMILES string of the molecule is C=Cc1ccc(Oc2cccc(-c3ccc(Nc4ccc(-c5cccc(Oc6ccc(C=C)cc6)c5)cc4)cc3)c2)cc1. The second-order valence-corrected chi connectivity index (χ2v) is 10.1. The first kappa shape index (κ1) is 27.4. The van der Waals surface area contributed by atoms with Crippen LogP contribution in [0.2, 0.25) is 0 Å². The Balaban J connectivity index is 1.09. The van der Waals surface area contributed by atoms with Gasteiger partial charge in [0, 0.05) is 11.4 Å². The van der Waals surface area contributed by atoms with Crippen LogP contribution in [0.25, 0.3) is 34.4 Å². The molecule has 6 rings (SSSR count). The van der Waals surface area contributed by atoms with E-state index in [1.54, 1.807) is 0 Å². The Morgan fingerprint density at radius 1 is 0.395 bits per heavy atom. The average molecular weight is 558 g/mol. The highest BCUT2D eigenvalue weighted by molar-refractivity contribution is 5.72. The molecule has 0 amide bonds. The van der Waals surface area contributed by atoms with E-state index < -0.39 is 0 Å². The van der Waals surface area contributed by atoms with Gasteiger partial charge in [-0.2, -0.15) is 0 Å². The van der Waals surface area contributed by atoms with Crippen LogP contribution in [0.4, 0.5) is 11.4 Å². The van der Waals surface area contributed by atoms with Crippen LogP contribution < -0.4 is 14.8 Å². The molecule has 0 saturated carbocycles. The molecule has 43 heavy (non-hydrogen) atoms. The van der Waals surface area contributed by atoms with Gasteiger partial charge >= 0.3 is 0 Å². The van der Waals surface area contributed by atoms with Crippen molar-refractivity contribution in [3.05, 3.63) is 170 Å². The predicted molar refractivity (Wildman–Crippen MR) is 180 cm³/mol. The lowest BCUT2D eigenvalue weighted by atomic mass is 10.0. The van der Waals surface area contributed by atoms with Crippen molar-refractivity contribution in [2.75, 3.05) is 5.32 Å². The van der Waals surface area contributed by atoms with E-state index in [1.165, 1.54) is 0 Å². The standard InChI is InChI=1S/C40H31NO2/c1-3-29-11-23-37(24-12-29)42-39-9-5-7-33(27-39)31-15-19-35(20-16-31)41-36-21-17-32(18-22-36)34-8-6-10-40(28-34)43-38-25-13-30(4-2)14-26-38/h3-28,41H,1-2H2. The van der Waals surface area contributed by atoms with Gasteiger partial charge in [-0.25, -0.2) is 0 Å². The molecular weight excluding hydrogens is 526 g/mol. The number of ether oxygens (including phenoxy) is 2. The van der Waals surface area contributed by atoms with Crippen LogP contribution in [0.5, 0.6) is 23.0 Å². The molecule has 0 aromatic heterocycles. The summed E-state index contributed by atoms with van der Waals surface area (Å²) in [6.07, 6.45) is 3.64. The minimum atomic E-state index is 0.795. The lowest BCUT2D eigenvalue weighted by Gasteiger charge is -2.11. The summed E-state index contributed by atoms with van der Waals surface area (Å²) in [7, 11) is 0. The second kappa shape index (κ2) is 12.8. The van der Waals surface area contributed by atoms with E-state index in [4.69, 9.17) is 9.47 Å². The fourth-order valence-corrected chi connectivity index (χ4v) is 4.75. The lowest BCUT2D eigenvalue weighted by molar-refractivity contribution is 0.482. The molecule has 0 aliphatic carbocycles. The molecule has 0 unspecified atom stereocenters. The molecule has 3 nitrogen and oxygen atoms in total. The molecule has 3 heteroatoms. The highest BCUT2D eigenvalue weighted by Crippen LogP contribution is 2.31. The summed E-state index contributed by atoms with van der Waals surface area (Å²) in [6.45, 7) is 7.60. The van der Waals surface area contributed by atoms with Gasteiger partial charge in [0.1, 0.15) is 23.0 Å². The Morgan fingerprint density at radius 3 is 1.16 bits per heavy atom. The Labute approximate surface area is 253 Å². The Kier molecular flexibility index (Phi) is 8.15. The number of hydrogen-bond donors (Lipinski definition) is 1. The average Bonchev–Trinajstić information content (AvgIpc) is 3.06. The summed E-state index contributed by atoms with van der Waals surface area (Å²) < 4.78 is 12.1. The van der Waals surface area contributed by atoms with Crippen molar-refractivity contribution in [2.45, 2.75) is 0 Å². The van der Waals surface area contributed by atoms with E-state index in [-0.39, 0.29) is 0 Å². The monoisotopic (exact) mass is 557 g/mol. The molecule has 0 fully saturated rings. The van der Waals surface area contributed by atoms with Gasteiger partial charge in [0.2, 0.25) is 0 Å². The molecule has 1 N–H and O–H groups in total. The highest BCUT2D eigenvalue weighted by atomic mass is 16.5. The maximum absolute atomic E-state index is 6.07. The van der Waals surface area contributed by atoms with E-state index in [0.717, 1.165) is 67.8 Å². The van der Waals surface area contributed by atoms with Crippen LogP contribution in [0, 0.1) is 0 Å². The molecule has 0 heterocycles. The van der Waals surface area contributed by atoms with Crippen molar-refractivity contribution in [1.82, 2.24) is 0 Å². The van der Waals surface area contributed by atoms with E-state index in [0.29, 0.717) is 0 Å². The van der Waals surface area contributed by atoms with Crippen LogP contribution in [-0.2, 0) is 0 Å². The number of nitrogens with one attached hydrogen (secondary N) is 1. The van der Waals surface area contributed by atoms with Gasteiger partial charge in [0.05, 0.1) is 0 Å². The Bertz CT molecular complexity index is 1700. The van der Waals surface area contributed by atoms with E-state index in [9.17, 15) is 0 Å². The molecule has 0 aliphatic rings. The van der Waals surface area contributed by atoms with Crippen molar-refractivity contribution >= 4 is 23.5 Å². The normalized spacial score (nSPS) is 10.5. The molecule has 0 saturated heterocycles. The third kappa shape index (κ3) is 6.92. The van der Waals surface area contributed by atoms with Crippen LogP contribution in [-0.4, -0.2) is 0 Å². The third-order valence-electron chi connectivity index (χ3n) is 7.10. The fourth-order valence-electron chi connectivity index (χ4n) is 4.75. The van der Waals surface area contributed by atoms with Crippen molar-refractivity contribution in [3.8, 4) is 45.3 Å². The Hall–Kier alpha value is -5.80. The van der Waals surface area contributed by atoms with Crippen LogP contribution >= 0.6 is 0 Å². The highest BCUT2D eigenvalue weighted by Gasteiger charge is 2.05. The predicted octanol–water partition coefficient (Wildman–Crippen LogP) is 11.6. The van der Waals surface area contributed by atoms with Crippen LogP contribution in [0.15, 0.2) is 159 Å². The number of benzene rings is 6. The maximum Gasteiger partial charge on any atom is 0.128 e. The molecule has 0 bridgehead atoms. The zero-order chi connectivity index (χ0) is 29.4. The summed E-state index contributed by atoms with van der Waals surface area (Å²) >= 11 is 0. The van der Waals surface area contributed by atoms with Gasteiger partial charge < -0.3 is 14.8 Å². The summed E-state index contributed by atoms with van der Waals surface area (Å²) in [5.74, 6) is 3.18. The molecule has 208 valence electrons. The minimum Gasteiger partial charge on any atom is -0.457 e. The maximum atomic E-state index is 6.07. The lowest BCUT2D eigenvalue weighted by Crippen LogP contribution is -1.91. The van der Waals surface area contributed by atoms with E-state index in [1.807, 2.05) is 84.9 Å². The molecular formula is C40H31NO2. The smallest absolute Gasteiger partial charge is 0.128 e. The molecule has 0 radical (unpaired) electrons. The van der Waals surface area contributed by atoms with Gasteiger partial charge in [-0.15, -0.1) is 0 Å². The first-order chi connectivity index (χ1) is 21.1. The van der Waals surface area contributed by atoms with Crippen molar-refractivity contribution in [3.63, 3.8) is 0 Å². The minimum absolute atomic E-state index is 0.795. The Morgan fingerprint density at radius 2 is 0.791 bits per heavy atom. The number of rotatable bonds is 10. The van der Waals surface area contributed by atoms with E-state index in [2.05, 4.69) is 91.3 Å². The molecule has 0 atom stereocenters. The molecule has 0 aliphatic heterocycles. The topological polar surface area (TPSA) is 30.5 Å². The first-order valence-electron chi connectivity index (χ1n) is 14.1. The fraction of sp³-hybridized carbons (Fsp3) is 0. The summed E-state index contributed by atoms with van der Waals surface area (Å²) in [6, 6.07) is 48.9. The van der Waals surface area contributed by atoms with Gasteiger partial charge in [-0.3, -0.25) is 0 Å². The second-order valence-electron chi connectivity index (χ2n) is 10.1. The molecule has 6 aromatic carbocycles. The third-order valence-corrected chi connectivity index (χ3v) is 7.10. The summed E-state index contributed by atoms with van der Waals surface area (Å²) in [5, 5.41) is 3.50. The summed E-state index contributed by atoms with van der Waals surface area (Å²) in [4.78, 5) is 0. The van der Waals surface area contributed by atoms with Crippen molar-refractivity contribution in [2.24, 2.45) is 0 Å². The zero-order valence-electron chi connectivity index (χ0n) is 23.7.